The summed E-state index contributed by atoms with van der Waals surface area (Å²) in [6.07, 6.45) is 0.0305. The predicted molar refractivity (Wildman–Crippen MR) is 90.2 cm³/mol. The van der Waals surface area contributed by atoms with Gasteiger partial charge in [-0.2, -0.15) is 0 Å². The van der Waals surface area contributed by atoms with Crippen LogP contribution in [0.5, 0.6) is 5.75 Å². The molecule has 4 nitrogen and oxygen atoms in total. The van der Waals surface area contributed by atoms with Crippen LogP contribution in [0.25, 0.3) is 0 Å². The maximum atomic E-state index is 11.5. The molecule has 1 N–H and O–H groups in total. The molecule has 3 rings (SSSR count). The lowest BCUT2D eigenvalue weighted by atomic mass is 9.96. The third-order valence-electron chi connectivity index (χ3n) is 4.21. The molecule has 2 aromatic rings. The molecule has 0 bridgehead atoms. The molecule has 0 aliphatic carbocycles. The number of rotatable bonds is 4. The highest BCUT2D eigenvalue weighted by molar-refractivity contribution is 5.89. The summed E-state index contributed by atoms with van der Waals surface area (Å²) in [5.41, 5.74) is 5.68. The van der Waals surface area contributed by atoms with Gasteiger partial charge in [0, 0.05) is 17.6 Å². The van der Waals surface area contributed by atoms with Gasteiger partial charge >= 0.3 is 5.97 Å². The van der Waals surface area contributed by atoms with Crippen LogP contribution in [0.2, 0.25) is 0 Å². The van der Waals surface area contributed by atoms with Crippen LogP contribution in [0.4, 0.5) is 0 Å². The monoisotopic (exact) mass is 322 g/mol. The molecule has 2 aromatic carbocycles. The first kappa shape index (κ1) is 16.1. The number of ether oxygens (including phenoxy) is 2. The van der Waals surface area contributed by atoms with Gasteiger partial charge in [-0.15, -0.1) is 5.73 Å². The SMILES string of the molecule is C=C=C1CC(c2ccc(OC)cc2)OC1c1ccccc1C(=O)O. The number of hydrogen-bond donors (Lipinski definition) is 1. The van der Waals surface area contributed by atoms with Crippen LogP contribution in [0.15, 0.2) is 66.4 Å². The Hall–Kier alpha value is -2.81. The van der Waals surface area contributed by atoms with Gasteiger partial charge in [-0.05, 0) is 23.8 Å². The third kappa shape index (κ3) is 2.98. The first-order chi connectivity index (χ1) is 11.6. The minimum Gasteiger partial charge on any atom is -0.497 e. The number of carboxylic acids is 1. The van der Waals surface area contributed by atoms with E-state index in [-0.39, 0.29) is 11.7 Å². The van der Waals surface area contributed by atoms with E-state index >= 15 is 0 Å². The van der Waals surface area contributed by atoms with Gasteiger partial charge in [0.25, 0.3) is 0 Å². The summed E-state index contributed by atoms with van der Waals surface area (Å²) in [4.78, 5) is 11.5. The quantitative estimate of drug-likeness (QED) is 0.852. The topological polar surface area (TPSA) is 55.8 Å². The van der Waals surface area contributed by atoms with Crippen molar-refractivity contribution in [2.24, 2.45) is 0 Å². The van der Waals surface area contributed by atoms with Gasteiger partial charge in [0.1, 0.15) is 11.9 Å². The lowest BCUT2D eigenvalue weighted by molar-refractivity contribution is 0.0492. The summed E-state index contributed by atoms with van der Waals surface area (Å²) in [6, 6.07) is 14.6. The van der Waals surface area contributed by atoms with Crippen molar-refractivity contribution in [3.05, 3.63) is 83.1 Å². The van der Waals surface area contributed by atoms with Crippen LogP contribution in [0.1, 0.15) is 40.1 Å². The zero-order chi connectivity index (χ0) is 17.1. The zero-order valence-corrected chi connectivity index (χ0v) is 13.4. The van der Waals surface area contributed by atoms with Crippen molar-refractivity contribution < 1.29 is 19.4 Å². The third-order valence-corrected chi connectivity index (χ3v) is 4.21. The molecule has 1 aliphatic rings. The molecule has 2 unspecified atom stereocenters. The molecule has 1 fully saturated rings. The average molecular weight is 322 g/mol. The minimum atomic E-state index is -0.967. The van der Waals surface area contributed by atoms with E-state index in [4.69, 9.17) is 9.47 Å². The van der Waals surface area contributed by atoms with E-state index < -0.39 is 12.1 Å². The number of carboxylic acid groups (broad SMARTS) is 1. The van der Waals surface area contributed by atoms with Gasteiger partial charge in [-0.1, -0.05) is 36.9 Å². The van der Waals surface area contributed by atoms with E-state index in [1.165, 1.54) is 0 Å². The number of benzene rings is 2. The predicted octanol–water partition coefficient (Wildman–Crippen LogP) is 4.31. The molecule has 24 heavy (non-hydrogen) atoms. The van der Waals surface area contributed by atoms with Gasteiger partial charge in [0.15, 0.2) is 0 Å². The van der Waals surface area contributed by atoms with Crippen LogP contribution in [0, 0.1) is 0 Å². The van der Waals surface area contributed by atoms with E-state index in [9.17, 15) is 9.90 Å². The molecule has 122 valence electrons. The Labute approximate surface area is 140 Å². The van der Waals surface area contributed by atoms with Crippen molar-refractivity contribution in [3.63, 3.8) is 0 Å². The van der Waals surface area contributed by atoms with Crippen LogP contribution >= 0.6 is 0 Å². The molecule has 0 aromatic heterocycles. The average Bonchev–Trinajstić information content (AvgIpc) is 3.06. The second kappa shape index (κ2) is 6.75. The van der Waals surface area contributed by atoms with Crippen molar-refractivity contribution in [2.75, 3.05) is 7.11 Å². The van der Waals surface area contributed by atoms with Crippen molar-refractivity contribution in [1.29, 1.82) is 0 Å². The summed E-state index contributed by atoms with van der Waals surface area (Å²) in [6.45, 7) is 3.74. The summed E-state index contributed by atoms with van der Waals surface area (Å²) >= 11 is 0. The number of aromatic carboxylic acids is 1. The zero-order valence-electron chi connectivity index (χ0n) is 13.4. The Bertz CT molecular complexity index is 801. The Morgan fingerprint density at radius 3 is 2.58 bits per heavy atom. The minimum absolute atomic E-state index is 0.160. The molecule has 0 radical (unpaired) electrons. The van der Waals surface area contributed by atoms with E-state index in [0.717, 1.165) is 16.9 Å². The molecular formula is C20H18O4. The summed E-state index contributed by atoms with van der Waals surface area (Å²) < 4.78 is 11.3. The first-order valence-electron chi connectivity index (χ1n) is 7.64. The highest BCUT2D eigenvalue weighted by atomic mass is 16.5. The van der Waals surface area contributed by atoms with Crippen molar-refractivity contribution in [3.8, 4) is 5.75 Å². The largest absolute Gasteiger partial charge is 0.497 e. The molecule has 1 saturated heterocycles. The normalized spacial score (nSPS) is 19.8. The fourth-order valence-corrected chi connectivity index (χ4v) is 2.96. The molecule has 0 spiro atoms. The number of carbonyl (C=O) groups is 1. The lowest BCUT2D eigenvalue weighted by Gasteiger charge is -2.16. The Morgan fingerprint density at radius 2 is 1.96 bits per heavy atom. The molecule has 1 aliphatic heterocycles. The van der Waals surface area contributed by atoms with Gasteiger partial charge in [0.05, 0.1) is 18.8 Å². The van der Waals surface area contributed by atoms with E-state index in [2.05, 4.69) is 12.3 Å². The Morgan fingerprint density at radius 1 is 1.25 bits per heavy atom. The molecular weight excluding hydrogens is 304 g/mol. The van der Waals surface area contributed by atoms with Crippen molar-refractivity contribution >= 4 is 5.97 Å². The molecule has 4 heteroatoms. The smallest absolute Gasteiger partial charge is 0.336 e. The summed E-state index contributed by atoms with van der Waals surface area (Å²) in [5.74, 6) is -0.186. The van der Waals surface area contributed by atoms with Gasteiger partial charge in [0.2, 0.25) is 0 Å². The lowest BCUT2D eigenvalue weighted by Crippen LogP contribution is -2.08. The van der Waals surface area contributed by atoms with Crippen LogP contribution < -0.4 is 4.74 Å². The second-order valence-electron chi connectivity index (χ2n) is 5.58. The summed E-state index contributed by atoms with van der Waals surface area (Å²) in [7, 11) is 1.62. The number of hydrogen-bond acceptors (Lipinski definition) is 3. The van der Waals surface area contributed by atoms with Gasteiger partial charge < -0.3 is 14.6 Å². The van der Waals surface area contributed by atoms with Crippen LogP contribution in [-0.4, -0.2) is 18.2 Å². The van der Waals surface area contributed by atoms with Crippen molar-refractivity contribution in [2.45, 2.75) is 18.6 Å². The van der Waals surface area contributed by atoms with Crippen LogP contribution in [0.3, 0.4) is 0 Å². The number of methoxy groups -OCH3 is 1. The van der Waals surface area contributed by atoms with Crippen LogP contribution in [-0.2, 0) is 4.74 Å². The van der Waals surface area contributed by atoms with E-state index in [0.29, 0.717) is 12.0 Å². The Balaban J connectivity index is 1.93. The maximum Gasteiger partial charge on any atom is 0.336 e. The van der Waals surface area contributed by atoms with E-state index in [1.807, 2.05) is 30.3 Å². The fraction of sp³-hybridized carbons (Fsp3) is 0.200. The van der Waals surface area contributed by atoms with Crippen molar-refractivity contribution in [1.82, 2.24) is 0 Å². The highest BCUT2D eigenvalue weighted by Crippen LogP contribution is 2.45. The van der Waals surface area contributed by atoms with Gasteiger partial charge in [-0.25, -0.2) is 4.79 Å². The Kier molecular flexibility index (Phi) is 4.52. The fourth-order valence-electron chi connectivity index (χ4n) is 2.96. The molecule has 2 atom stereocenters. The second-order valence-corrected chi connectivity index (χ2v) is 5.58. The van der Waals surface area contributed by atoms with E-state index in [1.54, 1.807) is 25.3 Å². The first-order valence-corrected chi connectivity index (χ1v) is 7.64. The molecule has 1 heterocycles. The molecule has 0 saturated carbocycles. The highest BCUT2D eigenvalue weighted by Gasteiger charge is 2.34. The summed E-state index contributed by atoms with van der Waals surface area (Å²) in [5, 5.41) is 9.41. The van der Waals surface area contributed by atoms with Gasteiger partial charge in [-0.3, -0.25) is 0 Å². The standard InChI is InChI=1S/C20H18O4/c1-3-13-12-18(14-8-10-15(23-2)11-9-14)24-19(13)16-6-4-5-7-17(16)20(21)22/h4-11,18-19H,1,12H2,2H3,(H,21,22). The molecule has 0 amide bonds. The maximum absolute atomic E-state index is 11.5.